The third kappa shape index (κ3) is 7.69. The fourth-order valence-corrected chi connectivity index (χ4v) is 1.85. The Hall–Kier alpha value is -3.68. The fourth-order valence-electron chi connectivity index (χ4n) is 1.85. The summed E-state index contributed by atoms with van der Waals surface area (Å²) in [7, 11) is 0. The lowest BCUT2D eigenvalue weighted by Crippen LogP contribution is -2.46. The molecule has 0 aliphatic rings. The lowest BCUT2D eigenvalue weighted by atomic mass is 10.1. The van der Waals surface area contributed by atoms with Gasteiger partial charge in [-0.15, -0.1) is 0 Å². The van der Waals surface area contributed by atoms with Gasteiger partial charge in [0.15, 0.2) is 0 Å². The molecule has 0 fully saturated rings. The van der Waals surface area contributed by atoms with E-state index in [4.69, 9.17) is 9.47 Å². The summed E-state index contributed by atoms with van der Waals surface area (Å²) < 4.78 is 9.56. The van der Waals surface area contributed by atoms with E-state index in [0.29, 0.717) is 0 Å². The first-order chi connectivity index (χ1) is 13.2. The van der Waals surface area contributed by atoms with Crippen LogP contribution < -0.4 is 0 Å². The molecule has 0 radical (unpaired) electrons. The molecule has 28 heavy (non-hydrogen) atoms. The number of esters is 2. The van der Waals surface area contributed by atoms with Crippen molar-refractivity contribution in [2.24, 2.45) is 0 Å². The molecule has 0 spiro atoms. The molecule has 0 heterocycles. The maximum atomic E-state index is 12.2. The average Bonchev–Trinajstić information content (AvgIpc) is 2.63. The van der Waals surface area contributed by atoms with E-state index >= 15 is 0 Å². The number of hydrogen-bond acceptors (Lipinski definition) is 6. The zero-order chi connectivity index (χ0) is 21.7. The fraction of sp³-hybridized carbons (Fsp3) is 0.200. The normalized spacial score (nSPS) is 14.4. The third-order valence-corrected chi connectivity index (χ3v) is 2.99. The molecule has 0 aliphatic carbocycles. The van der Waals surface area contributed by atoms with Crippen LogP contribution in [0.15, 0.2) is 72.9 Å². The van der Waals surface area contributed by atoms with Crippen molar-refractivity contribution >= 4 is 23.9 Å². The zero-order valence-corrected chi connectivity index (χ0v) is 15.5. The largest absolute Gasteiger partial charge is 0.478 e. The second kappa shape index (κ2) is 12.6. The van der Waals surface area contributed by atoms with Gasteiger partial charge in [0, 0.05) is 0 Å². The van der Waals surface area contributed by atoms with Crippen LogP contribution in [0.25, 0.3) is 0 Å². The maximum absolute atomic E-state index is 12.2. The minimum absolute atomic E-state index is 0.0691. The molecule has 8 nitrogen and oxygen atoms in total. The van der Waals surface area contributed by atoms with Gasteiger partial charge in [0.05, 0.1) is 11.1 Å². The SMILES string of the molecule is C=C/C=C(\C=C/C)C(=O)O[C@@H](C(=O)O)[C@@H](OC(=O)C(/C=C\C)=C/C=C)C(=O)O. The first-order valence-corrected chi connectivity index (χ1v) is 8.01. The summed E-state index contributed by atoms with van der Waals surface area (Å²) in [5.41, 5.74) is -0.138. The summed E-state index contributed by atoms with van der Waals surface area (Å²) in [6.45, 7) is 10.0. The Labute approximate surface area is 162 Å². The molecular weight excluding hydrogens is 368 g/mol. The van der Waals surface area contributed by atoms with Gasteiger partial charge in [-0.05, 0) is 26.0 Å². The monoisotopic (exact) mass is 390 g/mol. The summed E-state index contributed by atoms with van der Waals surface area (Å²) in [4.78, 5) is 47.3. The molecule has 2 atom stereocenters. The molecular formula is C20H22O8. The molecule has 0 aromatic heterocycles. The summed E-state index contributed by atoms with van der Waals surface area (Å²) in [6.07, 6.45) is 6.11. The van der Waals surface area contributed by atoms with Crippen LogP contribution in [0.4, 0.5) is 0 Å². The van der Waals surface area contributed by atoms with E-state index in [0.717, 1.165) is 0 Å². The smallest absolute Gasteiger partial charge is 0.349 e. The van der Waals surface area contributed by atoms with Crippen LogP contribution in [0, 0.1) is 0 Å². The van der Waals surface area contributed by atoms with Crippen molar-refractivity contribution in [3.05, 3.63) is 72.9 Å². The van der Waals surface area contributed by atoms with Gasteiger partial charge in [0.2, 0.25) is 12.2 Å². The Morgan fingerprint density at radius 1 is 0.750 bits per heavy atom. The van der Waals surface area contributed by atoms with Crippen molar-refractivity contribution in [1.82, 2.24) is 0 Å². The highest BCUT2D eigenvalue weighted by Crippen LogP contribution is 2.13. The third-order valence-electron chi connectivity index (χ3n) is 2.99. The Bertz CT molecular complexity index is 688. The molecule has 0 aromatic rings. The molecule has 8 heteroatoms. The highest BCUT2D eigenvalue weighted by molar-refractivity contribution is 5.97. The number of allylic oxidation sites excluding steroid dienone is 6. The second-order valence-electron chi connectivity index (χ2n) is 5.04. The van der Waals surface area contributed by atoms with E-state index in [-0.39, 0.29) is 11.1 Å². The van der Waals surface area contributed by atoms with Crippen molar-refractivity contribution in [3.63, 3.8) is 0 Å². The average molecular weight is 390 g/mol. The van der Waals surface area contributed by atoms with Crippen molar-refractivity contribution in [2.45, 2.75) is 26.1 Å². The van der Waals surface area contributed by atoms with Crippen LogP contribution >= 0.6 is 0 Å². The molecule has 0 saturated heterocycles. The van der Waals surface area contributed by atoms with Gasteiger partial charge in [-0.3, -0.25) is 0 Å². The van der Waals surface area contributed by atoms with Gasteiger partial charge >= 0.3 is 23.9 Å². The number of hydrogen-bond donors (Lipinski definition) is 2. The van der Waals surface area contributed by atoms with E-state index in [1.165, 1.54) is 48.6 Å². The molecule has 0 saturated carbocycles. The van der Waals surface area contributed by atoms with Crippen LogP contribution in [0.3, 0.4) is 0 Å². The molecule has 0 rings (SSSR count). The number of rotatable bonds is 11. The summed E-state index contributed by atoms with van der Waals surface area (Å²) in [5.74, 6) is -5.84. The standard InChI is InChI=1S/C20H22O8/c1-5-9-13(10-6-2)19(25)27-15(17(21)22)16(18(23)24)28-20(26)14(11-7-3)12-8-4/h5-12,15-16H,1,3H2,2,4H3,(H,21,22)(H,23,24)/b10-6-,12-8-,13-9+,14-11+/t15-,16-/m1/s1. The maximum Gasteiger partial charge on any atom is 0.349 e. The molecule has 0 aliphatic heterocycles. The van der Waals surface area contributed by atoms with Crippen LogP contribution in [-0.4, -0.2) is 46.3 Å². The lowest BCUT2D eigenvalue weighted by Gasteiger charge is -2.21. The van der Waals surface area contributed by atoms with E-state index in [1.807, 2.05) is 0 Å². The highest BCUT2D eigenvalue weighted by Gasteiger charge is 2.41. The van der Waals surface area contributed by atoms with Gasteiger partial charge in [-0.25, -0.2) is 19.2 Å². The summed E-state index contributed by atoms with van der Waals surface area (Å²) in [6, 6.07) is 0. The van der Waals surface area contributed by atoms with E-state index in [9.17, 15) is 29.4 Å². The first-order valence-electron chi connectivity index (χ1n) is 8.01. The Morgan fingerprint density at radius 2 is 1.07 bits per heavy atom. The number of aliphatic carboxylic acids is 2. The zero-order valence-electron chi connectivity index (χ0n) is 15.5. The molecule has 0 aromatic carbocycles. The number of carbonyl (C=O) groups excluding carboxylic acids is 2. The molecule has 0 amide bonds. The minimum atomic E-state index is -2.27. The van der Waals surface area contributed by atoms with Gasteiger partial charge in [0.25, 0.3) is 0 Å². The molecule has 0 unspecified atom stereocenters. The predicted molar refractivity (Wildman–Crippen MR) is 101 cm³/mol. The molecule has 2 N–H and O–H groups in total. The lowest BCUT2D eigenvalue weighted by molar-refractivity contribution is -0.184. The number of ether oxygens (including phenoxy) is 2. The van der Waals surface area contributed by atoms with Gasteiger partial charge in [-0.2, -0.15) is 0 Å². The first kappa shape index (κ1) is 24.3. The van der Waals surface area contributed by atoms with E-state index in [2.05, 4.69) is 13.2 Å². The summed E-state index contributed by atoms with van der Waals surface area (Å²) in [5, 5.41) is 18.6. The van der Waals surface area contributed by atoms with Crippen molar-refractivity contribution in [2.75, 3.05) is 0 Å². The highest BCUT2D eigenvalue weighted by atomic mass is 16.6. The van der Waals surface area contributed by atoms with Crippen molar-refractivity contribution in [3.8, 4) is 0 Å². The topological polar surface area (TPSA) is 127 Å². The van der Waals surface area contributed by atoms with Crippen LogP contribution in [0.5, 0.6) is 0 Å². The second-order valence-corrected chi connectivity index (χ2v) is 5.04. The van der Waals surface area contributed by atoms with E-state index in [1.54, 1.807) is 13.8 Å². The molecule has 0 bridgehead atoms. The van der Waals surface area contributed by atoms with E-state index < -0.39 is 36.1 Å². The van der Waals surface area contributed by atoms with Crippen molar-refractivity contribution < 1.29 is 38.9 Å². The predicted octanol–water partition coefficient (Wildman–Crippen LogP) is 2.36. The van der Waals surface area contributed by atoms with Gasteiger partial charge < -0.3 is 19.7 Å². The number of carboxylic acid groups (broad SMARTS) is 2. The molecule has 150 valence electrons. The Balaban J connectivity index is 5.79. The Morgan fingerprint density at radius 3 is 1.29 bits per heavy atom. The van der Waals surface area contributed by atoms with Gasteiger partial charge in [0.1, 0.15) is 0 Å². The van der Waals surface area contributed by atoms with Gasteiger partial charge in [-0.1, -0.05) is 49.6 Å². The minimum Gasteiger partial charge on any atom is -0.478 e. The van der Waals surface area contributed by atoms with Crippen LogP contribution in [-0.2, 0) is 28.7 Å². The van der Waals surface area contributed by atoms with Crippen LogP contribution in [0.1, 0.15) is 13.8 Å². The number of carboxylic acids is 2. The quantitative estimate of drug-likeness (QED) is 0.313. The number of carbonyl (C=O) groups is 4. The van der Waals surface area contributed by atoms with Crippen molar-refractivity contribution in [1.29, 1.82) is 0 Å². The Kier molecular flexibility index (Phi) is 11.0. The summed E-state index contributed by atoms with van der Waals surface area (Å²) >= 11 is 0. The van der Waals surface area contributed by atoms with Crippen LogP contribution in [0.2, 0.25) is 0 Å².